The minimum absolute atomic E-state index is 0.0220. The van der Waals surface area contributed by atoms with Crippen LogP contribution in [-0.4, -0.2) is 34.5 Å². The van der Waals surface area contributed by atoms with Crippen molar-refractivity contribution in [3.8, 4) is 0 Å². The molecular formula is C17H27N3O. The number of nitrogens with one attached hydrogen (secondary N) is 1. The van der Waals surface area contributed by atoms with Gasteiger partial charge in [0.25, 0.3) is 0 Å². The van der Waals surface area contributed by atoms with Crippen LogP contribution in [-0.2, 0) is 11.3 Å². The van der Waals surface area contributed by atoms with Gasteiger partial charge in [-0.15, -0.1) is 0 Å². The molecule has 3 unspecified atom stereocenters. The molecule has 1 aromatic rings. The number of piperidine rings is 1. The van der Waals surface area contributed by atoms with Crippen molar-refractivity contribution >= 4 is 5.91 Å². The van der Waals surface area contributed by atoms with E-state index in [-0.39, 0.29) is 12.1 Å². The summed E-state index contributed by atoms with van der Waals surface area (Å²) in [5.74, 6) is 0.997. The highest BCUT2D eigenvalue weighted by Gasteiger charge is 2.34. The predicted octanol–water partition coefficient (Wildman–Crippen LogP) is 2.48. The van der Waals surface area contributed by atoms with Crippen molar-refractivity contribution in [2.75, 3.05) is 13.1 Å². The summed E-state index contributed by atoms with van der Waals surface area (Å²) in [7, 11) is 0. The van der Waals surface area contributed by atoms with E-state index in [1.54, 1.807) is 0 Å². The lowest BCUT2D eigenvalue weighted by Crippen LogP contribution is -2.52. The topological polar surface area (TPSA) is 37.3 Å². The SMILES string of the molecule is CCC1CCNC(C(=O)N2CCn3c(C)ccc3C2C)C1. The van der Waals surface area contributed by atoms with E-state index in [1.165, 1.54) is 24.2 Å². The smallest absolute Gasteiger partial charge is 0.240 e. The molecule has 2 aliphatic heterocycles. The largest absolute Gasteiger partial charge is 0.345 e. The monoisotopic (exact) mass is 289 g/mol. The predicted molar refractivity (Wildman–Crippen MR) is 84.1 cm³/mol. The molecule has 0 bridgehead atoms. The molecule has 0 radical (unpaired) electrons. The highest BCUT2D eigenvalue weighted by molar-refractivity contribution is 5.82. The zero-order valence-corrected chi connectivity index (χ0v) is 13.4. The van der Waals surface area contributed by atoms with Gasteiger partial charge in [-0.1, -0.05) is 13.3 Å². The summed E-state index contributed by atoms with van der Waals surface area (Å²) in [5, 5.41) is 3.43. The number of carbonyl (C=O) groups is 1. The molecule has 116 valence electrons. The molecule has 0 saturated carbocycles. The molecular weight excluding hydrogens is 262 g/mol. The minimum atomic E-state index is 0.0220. The Morgan fingerprint density at radius 1 is 1.38 bits per heavy atom. The van der Waals surface area contributed by atoms with Crippen molar-refractivity contribution in [2.45, 2.75) is 58.7 Å². The Morgan fingerprint density at radius 2 is 2.19 bits per heavy atom. The lowest BCUT2D eigenvalue weighted by molar-refractivity contribution is -0.137. The zero-order valence-electron chi connectivity index (χ0n) is 13.4. The number of hydrogen-bond donors (Lipinski definition) is 1. The average Bonchev–Trinajstić information content (AvgIpc) is 2.89. The third-order valence-electron chi connectivity index (χ3n) is 5.36. The Morgan fingerprint density at radius 3 is 2.95 bits per heavy atom. The van der Waals surface area contributed by atoms with Crippen LogP contribution in [0.5, 0.6) is 0 Å². The fourth-order valence-electron chi connectivity index (χ4n) is 3.88. The Labute approximate surface area is 127 Å². The highest BCUT2D eigenvalue weighted by atomic mass is 16.2. The fraction of sp³-hybridized carbons (Fsp3) is 0.706. The Hall–Kier alpha value is -1.29. The molecule has 0 aliphatic carbocycles. The van der Waals surface area contributed by atoms with Crippen molar-refractivity contribution < 1.29 is 4.79 Å². The fourth-order valence-corrected chi connectivity index (χ4v) is 3.88. The van der Waals surface area contributed by atoms with Crippen LogP contribution in [0.3, 0.4) is 0 Å². The third kappa shape index (κ3) is 2.61. The van der Waals surface area contributed by atoms with Gasteiger partial charge in [-0.3, -0.25) is 4.79 Å². The maximum Gasteiger partial charge on any atom is 0.240 e. The Kier molecular flexibility index (Phi) is 4.07. The molecule has 0 spiro atoms. The van der Waals surface area contributed by atoms with Gasteiger partial charge in [0, 0.05) is 24.5 Å². The first-order valence-electron chi connectivity index (χ1n) is 8.31. The molecule has 3 rings (SSSR count). The highest BCUT2D eigenvalue weighted by Crippen LogP contribution is 2.29. The second-order valence-corrected chi connectivity index (χ2v) is 6.56. The molecule has 1 aromatic heterocycles. The quantitative estimate of drug-likeness (QED) is 0.908. The van der Waals surface area contributed by atoms with Gasteiger partial charge in [0.15, 0.2) is 0 Å². The van der Waals surface area contributed by atoms with Crippen molar-refractivity contribution in [1.82, 2.24) is 14.8 Å². The van der Waals surface area contributed by atoms with E-state index in [2.05, 4.69) is 47.7 Å². The summed E-state index contributed by atoms with van der Waals surface area (Å²) in [6.45, 7) is 9.26. The average molecular weight is 289 g/mol. The molecule has 0 aromatic carbocycles. The molecule has 2 aliphatic rings. The standard InChI is InChI=1S/C17H27N3O/c1-4-14-7-8-18-15(11-14)17(21)20-10-9-19-12(2)5-6-16(19)13(20)3/h5-6,13-15,18H,4,7-11H2,1-3H3. The van der Waals surface area contributed by atoms with Gasteiger partial charge >= 0.3 is 0 Å². The number of aromatic nitrogens is 1. The van der Waals surface area contributed by atoms with E-state index in [0.29, 0.717) is 11.8 Å². The summed E-state index contributed by atoms with van der Waals surface area (Å²) >= 11 is 0. The number of carbonyl (C=O) groups excluding carboxylic acids is 1. The van der Waals surface area contributed by atoms with Gasteiger partial charge in [0.2, 0.25) is 5.91 Å². The molecule has 4 heteroatoms. The summed E-state index contributed by atoms with van der Waals surface area (Å²) in [6.07, 6.45) is 3.39. The molecule has 1 N–H and O–H groups in total. The molecule has 3 atom stereocenters. The normalized spacial score (nSPS) is 29.3. The van der Waals surface area contributed by atoms with E-state index < -0.39 is 0 Å². The lowest BCUT2D eigenvalue weighted by Gasteiger charge is -2.39. The van der Waals surface area contributed by atoms with Gasteiger partial charge in [0.05, 0.1) is 12.1 Å². The van der Waals surface area contributed by atoms with Crippen LogP contribution >= 0.6 is 0 Å². The molecule has 1 fully saturated rings. The van der Waals surface area contributed by atoms with Gasteiger partial charge in [0.1, 0.15) is 0 Å². The number of fused-ring (bicyclic) bond motifs is 1. The lowest BCUT2D eigenvalue weighted by atomic mass is 9.89. The maximum absolute atomic E-state index is 12.9. The third-order valence-corrected chi connectivity index (χ3v) is 5.36. The van der Waals surface area contributed by atoms with Crippen LogP contribution in [0.4, 0.5) is 0 Å². The summed E-state index contributed by atoms with van der Waals surface area (Å²) < 4.78 is 2.34. The molecule has 3 heterocycles. The molecule has 4 nitrogen and oxygen atoms in total. The second-order valence-electron chi connectivity index (χ2n) is 6.56. The Bertz CT molecular complexity index is 522. The number of aryl methyl sites for hydroxylation is 1. The van der Waals surface area contributed by atoms with E-state index in [1.807, 2.05) is 0 Å². The van der Waals surface area contributed by atoms with Gasteiger partial charge < -0.3 is 14.8 Å². The second kappa shape index (κ2) is 5.84. The van der Waals surface area contributed by atoms with Crippen LogP contribution in [0.2, 0.25) is 0 Å². The molecule has 1 amide bonds. The first kappa shape index (κ1) is 14.6. The van der Waals surface area contributed by atoms with Gasteiger partial charge in [-0.2, -0.15) is 0 Å². The van der Waals surface area contributed by atoms with Crippen LogP contribution in [0.25, 0.3) is 0 Å². The van der Waals surface area contributed by atoms with Crippen LogP contribution in [0.1, 0.15) is 50.5 Å². The van der Waals surface area contributed by atoms with E-state index in [9.17, 15) is 4.79 Å². The van der Waals surface area contributed by atoms with Gasteiger partial charge in [-0.25, -0.2) is 0 Å². The van der Waals surface area contributed by atoms with Crippen LogP contribution in [0.15, 0.2) is 12.1 Å². The van der Waals surface area contributed by atoms with E-state index >= 15 is 0 Å². The first-order chi connectivity index (χ1) is 10.1. The van der Waals surface area contributed by atoms with Crippen LogP contribution < -0.4 is 5.32 Å². The maximum atomic E-state index is 12.9. The summed E-state index contributed by atoms with van der Waals surface area (Å²) in [5.41, 5.74) is 2.57. The van der Waals surface area contributed by atoms with Crippen molar-refractivity contribution in [1.29, 1.82) is 0 Å². The number of amides is 1. The zero-order chi connectivity index (χ0) is 15.0. The van der Waals surface area contributed by atoms with Gasteiger partial charge in [-0.05, 0) is 51.3 Å². The van der Waals surface area contributed by atoms with E-state index in [0.717, 1.165) is 26.1 Å². The minimum Gasteiger partial charge on any atom is -0.345 e. The Balaban J connectivity index is 1.74. The number of rotatable bonds is 2. The first-order valence-corrected chi connectivity index (χ1v) is 8.31. The summed E-state index contributed by atoms with van der Waals surface area (Å²) in [4.78, 5) is 15.0. The van der Waals surface area contributed by atoms with Crippen molar-refractivity contribution in [3.05, 3.63) is 23.5 Å². The molecule has 21 heavy (non-hydrogen) atoms. The number of hydrogen-bond acceptors (Lipinski definition) is 2. The van der Waals surface area contributed by atoms with Crippen molar-refractivity contribution in [3.63, 3.8) is 0 Å². The van der Waals surface area contributed by atoms with E-state index in [4.69, 9.17) is 0 Å². The number of nitrogens with zero attached hydrogens (tertiary/aromatic N) is 2. The molecule has 1 saturated heterocycles. The van der Waals surface area contributed by atoms with Crippen LogP contribution in [0, 0.1) is 12.8 Å². The van der Waals surface area contributed by atoms with Crippen molar-refractivity contribution in [2.24, 2.45) is 5.92 Å². The summed E-state index contributed by atoms with van der Waals surface area (Å²) in [6, 6.07) is 4.53.